The van der Waals surface area contributed by atoms with Crippen LogP contribution in [0.1, 0.15) is 33.6 Å². The van der Waals surface area contributed by atoms with Gasteiger partial charge in [-0.25, -0.2) is 0 Å². The van der Waals surface area contributed by atoms with Crippen molar-refractivity contribution in [1.82, 2.24) is 10.2 Å². The Hall–Kier alpha value is -2.47. The lowest BCUT2D eigenvalue weighted by Gasteiger charge is -2.26. The van der Waals surface area contributed by atoms with Crippen LogP contribution in [0.2, 0.25) is 0 Å². The van der Waals surface area contributed by atoms with Crippen LogP contribution in [0, 0.1) is 0 Å². The summed E-state index contributed by atoms with van der Waals surface area (Å²) in [6.45, 7) is 6.88. The highest BCUT2D eigenvalue weighted by Gasteiger charge is 2.24. The van der Waals surface area contributed by atoms with E-state index in [-0.39, 0.29) is 11.8 Å². The van der Waals surface area contributed by atoms with E-state index in [2.05, 4.69) is 12.2 Å². The number of thioether (sulfide) groups is 1. The van der Waals surface area contributed by atoms with Crippen LogP contribution >= 0.6 is 11.8 Å². The van der Waals surface area contributed by atoms with Crippen LogP contribution in [0.4, 0.5) is 0 Å². The van der Waals surface area contributed by atoms with Crippen LogP contribution in [0.5, 0.6) is 11.5 Å². The number of carbonyl (C=O) groups excluding carboxylic acids is 2. The first-order valence-corrected chi connectivity index (χ1v) is 11.0. The highest BCUT2D eigenvalue weighted by atomic mass is 32.2. The molecule has 5 nitrogen and oxygen atoms in total. The van der Waals surface area contributed by atoms with Crippen molar-refractivity contribution < 1.29 is 14.3 Å². The number of para-hydroxylation sites is 1. The number of carbonyl (C=O) groups is 2. The smallest absolute Gasteiger partial charge is 0.246 e. The zero-order valence-electron chi connectivity index (χ0n) is 17.4. The molecule has 0 saturated heterocycles. The van der Waals surface area contributed by atoms with Crippen LogP contribution < -0.4 is 10.1 Å². The maximum Gasteiger partial charge on any atom is 0.246 e. The van der Waals surface area contributed by atoms with Crippen LogP contribution in [0.3, 0.4) is 0 Å². The zero-order chi connectivity index (χ0) is 21.1. The lowest BCUT2D eigenvalue weighted by Crippen LogP contribution is -2.49. The molecule has 0 aliphatic rings. The molecule has 29 heavy (non-hydrogen) atoms. The largest absolute Gasteiger partial charge is 0.457 e. The fourth-order valence-electron chi connectivity index (χ4n) is 2.82. The molecule has 2 rings (SSSR count). The van der Waals surface area contributed by atoms with E-state index in [9.17, 15) is 9.59 Å². The number of nitrogens with zero attached hydrogens (tertiary/aromatic N) is 1. The highest BCUT2D eigenvalue weighted by Crippen LogP contribution is 2.25. The first-order valence-electron chi connectivity index (χ1n) is 10.0. The minimum absolute atomic E-state index is 0.0207. The minimum atomic E-state index is -0.533. The topological polar surface area (TPSA) is 58.6 Å². The summed E-state index contributed by atoms with van der Waals surface area (Å²) in [5, 5.41) is 2.81. The first kappa shape index (κ1) is 22.8. The fraction of sp³-hybridized carbons (Fsp3) is 0.391. The van der Waals surface area contributed by atoms with Gasteiger partial charge in [0.1, 0.15) is 17.5 Å². The fourth-order valence-corrected chi connectivity index (χ4v) is 3.74. The molecule has 6 heteroatoms. The Kier molecular flexibility index (Phi) is 9.57. The predicted molar refractivity (Wildman–Crippen MR) is 118 cm³/mol. The molecule has 0 aliphatic heterocycles. The lowest BCUT2D eigenvalue weighted by molar-refractivity contribution is -0.135. The van der Waals surface area contributed by atoms with Gasteiger partial charge in [0.05, 0.1) is 0 Å². The molecule has 0 saturated carbocycles. The van der Waals surface area contributed by atoms with Crippen molar-refractivity contribution in [2.75, 3.05) is 18.8 Å². The highest BCUT2D eigenvalue weighted by molar-refractivity contribution is 7.99. The number of unbranched alkanes of at least 4 members (excludes halogenated alkanes) is 1. The van der Waals surface area contributed by atoms with Crippen LogP contribution in [0.15, 0.2) is 59.5 Å². The van der Waals surface area contributed by atoms with Crippen LogP contribution in [-0.2, 0) is 9.59 Å². The summed E-state index contributed by atoms with van der Waals surface area (Å²) < 4.78 is 5.81. The van der Waals surface area contributed by atoms with Crippen LogP contribution in [0.25, 0.3) is 0 Å². The van der Waals surface area contributed by atoms with E-state index < -0.39 is 6.04 Å². The third-order valence-corrected chi connectivity index (χ3v) is 5.48. The van der Waals surface area contributed by atoms with Crippen molar-refractivity contribution in [2.24, 2.45) is 0 Å². The van der Waals surface area contributed by atoms with Gasteiger partial charge in [0.25, 0.3) is 0 Å². The van der Waals surface area contributed by atoms with Crippen molar-refractivity contribution in [3.63, 3.8) is 0 Å². The van der Waals surface area contributed by atoms with Crippen molar-refractivity contribution in [3.05, 3.63) is 54.6 Å². The van der Waals surface area contributed by atoms with Gasteiger partial charge in [-0.3, -0.25) is 9.59 Å². The normalized spacial score (nSPS) is 11.6. The average molecular weight is 415 g/mol. The third-order valence-electron chi connectivity index (χ3n) is 4.37. The van der Waals surface area contributed by atoms with E-state index in [1.165, 1.54) is 6.92 Å². The second-order valence-corrected chi connectivity index (χ2v) is 7.82. The Morgan fingerprint density at radius 2 is 1.69 bits per heavy atom. The van der Waals surface area contributed by atoms with Gasteiger partial charge >= 0.3 is 0 Å². The number of hydrogen-bond acceptors (Lipinski definition) is 4. The number of likely N-dealkylation sites (N-methyl/N-ethyl adjacent to an activating group) is 1. The first-order chi connectivity index (χ1) is 14.0. The molecule has 0 fully saturated rings. The van der Waals surface area contributed by atoms with Crippen molar-refractivity contribution >= 4 is 23.6 Å². The molecule has 1 N–H and O–H groups in total. The number of amides is 2. The summed E-state index contributed by atoms with van der Waals surface area (Å²) in [5.41, 5.74) is 0. The van der Waals surface area contributed by atoms with Gasteiger partial charge in [-0.2, -0.15) is 0 Å². The number of nitrogens with one attached hydrogen (secondary N) is 1. The SMILES string of the molecule is CCCCN(CC)C(=O)C(CSc1ccc(Oc2ccccc2)cc1)NC(C)=O. The molecule has 2 aromatic carbocycles. The average Bonchev–Trinajstić information content (AvgIpc) is 2.73. The second kappa shape index (κ2) is 12.2. The van der Waals surface area contributed by atoms with Gasteiger partial charge in [0.15, 0.2) is 0 Å². The van der Waals surface area contributed by atoms with Gasteiger partial charge in [0, 0.05) is 30.7 Å². The van der Waals surface area contributed by atoms with Crippen molar-refractivity contribution in [3.8, 4) is 11.5 Å². The lowest BCUT2D eigenvalue weighted by atomic mass is 10.2. The maximum atomic E-state index is 12.9. The molecular formula is C23H30N2O3S. The molecule has 0 aromatic heterocycles. The molecule has 0 radical (unpaired) electrons. The van der Waals surface area contributed by atoms with E-state index in [1.54, 1.807) is 11.8 Å². The summed E-state index contributed by atoms with van der Waals surface area (Å²) in [6, 6.07) is 16.8. The Morgan fingerprint density at radius 1 is 1.03 bits per heavy atom. The molecule has 0 aliphatic carbocycles. The van der Waals surface area contributed by atoms with Crippen molar-refractivity contribution in [1.29, 1.82) is 0 Å². The molecule has 2 aromatic rings. The molecule has 1 unspecified atom stereocenters. The van der Waals surface area contributed by atoms with E-state index in [0.29, 0.717) is 12.3 Å². The number of benzene rings is 2. The van der Waals surface area contributed by atoms with Gasteiger partial charge in [-0.05, 0) is 49.7 Å². The molecule has 156 valence electrons. The molecule has 0 bridgehead atoms. The summed E-state index contributed by atoms with van der Waals surface area (Å²) in [6.07, 6.45) is 1.99. The van der Waals surface area contributed by atoms with E-state index in [4.69, 9.17) is 4.74 Å². The van der Waals surface area contributed by atoms with E-state index in [1.807, 2.05) is 66.4 Å². The molecule has 1 atom stereocenters. The molecule has 0 spiro atoms. The number of ether oxygens (including phenoxy) is 1. The van der Waals surface area contributed by atoms with Gasteiger partial charge in [-0.1, -0.05) is 31.5 Å². The third kappa shape index (κ3) is 7.81. The Balaban J connectivity index is 1.97. The van der Waals surface area contributed by atoms with Gasteiger partial charge in [0.2, 0.25) is 11.8 Å². The molecule has 2 amide bonds. The Labute approximate surface area is 177 Å². The van der Waals surface area contributed by atoms with Crippen LogP contribution in [-0.4, -0.2) is 41.6 Å². The zero-order valence-corrected chi connectivity index (χ0v) is 18.2. The summed E-state index contributed by atoms with van der Waals surface area (Å²) in [7, 11) is 0. The Morgan fingerprint density at radius 3 is 2.28 bits per heavy atom. The summed E-state index contributed by atoms with van der Waals surface area (Å²) in [4.78, 5) is 27.3. The van der Waals surface area contributed by atoms with Gasteiger partial charge in [-0.15, -0.1) is 11.8 Å². The number of rotatable bonds is 11. The molecule has 0 heterocycles. The predicted octanol–water partition coefficient (Wildman–Crippen LogP) is 4.72. The van der Waals surface area contributed by atoms with Crippen molar-refractivity contribution in [2.45, 2.75) is 44.6 Å². The summed E-state index contributed by atoms with van der Waals surface area (Å²) in [5.74, 6) is 1.82. The Bertz CT molecular complexity index is 765. The van der Waals surface area contributed by atoms with Gasteiger partial charge < -0.3 is 15.0 Å². The molecular weight excluding hydrogens is 384 g/mol. The van der Waals surface area contributed by atoms with E-state index in [0.717, 1.165) is 35.8 Å². The second-order valence-electron chi connectivity index (χ2n) is 6.72. The maximum absolute atomic E-state index is 12.9. The quantitative estimate of drug-likeness (QED) is 0.540. The standard InChI is InChI=1S/C23H30N2O3S/c1-4-6-16-25(5-2)23(27)22(24-18(3)26)17-29-21-14-12-20(13-15-21)28-19-10-8-7-9-11-19/h7-15,22H,4-6,16-17H2,1-3H3,(H,24,26). The minimum Gasteiger partial charge on any atom is -0.457 e. The van der Waals surface area contributed by atoms with E-state index >= 15 is 0 Å². The summed E-state index contributed by atoms with van der Waals surface area (Å²) >= 11 is 1.55. The number of hydrogen-bond donors (Lipinski definition) is 1. The monoisotopic (exact) mass is 414 g/mol.